The van der Waals surface area contributed by atoms with Gasteiger partial charge in [-0.05, 0) is 37.6 Å². The lowest BCUT2D eigenvalue weighted by atomic mass is 10.2. The van der Waals surface area contributed by atoms with Crippen molar-refractivity contribution in [1.82, 2.24) is 5.32 Å². The molecule has 4 heteroatoms. The molecule has 0 aliphatic carbocycles. The van der Waals surface area contributed by atoms with Crippen molar-refractivity contribution in [3.63, 3.8) is 0 Å². The van der Waals surface area contributed by atoms with Crippen molar-refractivity contribution < 1.29 is 9.47 Å². The summed E-state index contributed by atoms with van der Waals surface area (Å²) in [5, 5.41) is 4.07. The van der Waals surface area contributed by atoms with Crippen molar-refractivity contribution >= 4 is 11.6 Å². The van der Waals surface area contributed by atoms with Gasteiger partial charge in [-0.15, -0.1) is 0 Å². The molecule has 102 valence electrons. The fourth-order valence-corrected chi connectivity index (χ4v) is 1.61. The first-order valence-corrected chi connectivity index (χ1v) is 6.81. The fourth-order valence-electron chi connectivity index (χ4n) is 1.48. The van der Waals surface area contributed by atoms with Gasteiger partial charge < -0.3 is 14.8 Å². The van der Waals surface area contributed by atoms with E-state index in [9.17, 15) is 0 Å². The molecule has 0 unspecified atom stereocenters. The molecule has 0 radical (unpaired) electrons. The minimum absolute atomic E-state index is 0.637. The standard InChI is InChI=1S/C14H22ClNO2/c1-2-17-10-3-8-16-9-11-18-12-13-4-6-14(15)7-5-13/h4-7,16H,2-3,8-12H2,1H3. The number of hydrogen-bond donors (Lipinski definition) is 1. The van der Waals surface area contributed by atoms with Crippen LogP contribution in [0.1, 0.15) is 18.9 Å². The average Bonchev–Trinajstić information content (AvgIpc) is 2.39. The summed E-state index contributed by atoms with van der Waals surface area (Å²) in [5.41, 5.74) is 1.15. The van der Waals surface area contributed by atoms with Crippen LogP contribution in [0, 0.1) is 0 Å². The van der Waals surface area contributed by atoms with Crippen LogP contribution in [-0.2, 0) is 16.1 Å². The van der Waals surface area contributed by atoms with Gasteiger partial charge in [-0.3, -0.25) is 0 Å². The number of benzene rings is 1. The Labute approximate surface area is 114 Å². The van der Waals surface area contributed by atoms with Crippen molar-refractivity contribution in [2.45, 2.75) is 20.0 Å². The smallest absolute Gasteiger partial charge is 0.0717 e. The summed E-state index contributed by atoms with van der Waals surface area (Å²) >= 11 is 5.81. The van der Waals surface area contributed by atoms with E-state index in [1.165, 1.54) is 0 Å². The number of nitrogens with one attached hydrogen (secondary N) is 1. The van der Waals surface area contributed by atoms with Crippen LogP contribution in [-0.4, -0.2) is 32.9 Å². The largest absolute Gasteiger partial charge is 0.382 e. The topological polar surface area (TPSA) is 30.5 Å². The van der Waals surface area contributed by atoms with Crippen LogP contribution in [0.3, 0.4) is 0 Å². The zero-order valence-electron chi connectivity index (χ0n) is 11.0. The van der Waals surface area contributed by atoms with Gasteiger partial charge in [0, 0.05) is 24.8 Å². The summed E-state index contributed by atoms with van der Waals surface area (Å²) in [5.74, 6) is 0. The highest BCUT2D eigenvalue weighted by Gasteiger charge is 1.94. The first-order valence-electron chi connectivity index (χ1n) is 6.43. The molecule has 0 bridgehead atoms. The van der Waals surface area contributed by atoms with Gasteiger partial charge in [-0.1, -0.05) is 23.7 Å². The average molecular weight is 272 g/mol. The quantitative estimate of drug-likeness (QED) is 0.664. The van der Waals surface area contributed by atoms with Gasteiger partial charge in [0.2, 0.25) is 0 Å². The lowest BCUT2D eigenvalue weighted by molar-refractivity contribution is 0.120. The normalized spacial score (nSPS) is 10.8. The monoisotopic (exact) mass is 271 g/mol. The molecule has 0 saturated carbocycles. The number of halogens is 1. The van der Waals surface area contributed by atoms with E-state index in [1.54, 1.807) is 0 Å². The zero-order valence-corrected chi connectivity index (χ0v) is 11.7. The molecule has 0 amide bonds. The summed E-state index contributed by atoms with van der Waals surface area (Å²) in [6.45, 7) is 6.84. The summed E-state index contributed by atoms with van der Waals surface area (Å²) in [6.07, 6.45) is 1.05. The third kappa shape index (κ3) is 7.67. The van der Waals surface area contributed by atoms with E-state index in [1.807, 2.05) is 31.2 Å². The fraction of sp³-hybridized carbons (Fsp3) is 0.571. The number of ether oxygens (including phenoxy) is 2. The van der Waals surface area contributed by atoms with Crippen LogP contribution in [0.4, 0.5) is 0 Å². The minimum Gasteiger partial charge on any atom is -0.382 e. The molecule has 1 rings (SSSR count). The van der Waals surface area contributed by atoms with Crippen molar-refractivity contribution in [3.05, 3.63) is 34.9 Å². The maximum Gasteiger partial charge on any atom is 0.0717 e. The second-order valence-electron chi connectivity index (χ2n) is 3.98. The van der Waals surface area contributed by atoms with Gasteiger partial charge in [-0.2, -0.15) is 0 Å². The number of hydrogen-bond acceptors (Lipinski definition) is 3. The van der Waals surface area contributed by atoms with E-state index >= 15 is 0 Å². The molecule has 0 aliphatic rings. The van der Waals surface area contributed by atoms with Crippen LogP contribution in [0.15, 0.2) is 24.3 Å². The molecule has 0 aliphatic heterocycles. The predicted molar refractivity (Wildman–Crippen MR) is 75.1 cm³/mol. The molecule has 1 N–H and O–H groups in total. The second kappa shape index (κ2) is 10.3. The van der Waals surface area contributed by atoms with E-state index in [2.05, 4.69) is 5.32 Å². The van der Waals surface area contributed by atoms with Crippen LogP contribution >= 0.6 is 11.6 Å². The Morgan fingerprint density at radius 1 is 1.06 bits per heavy atom. The van der Waals surface area contributed by atoms with Crippen molar-refractivity contribution in [2.75, 3.05) is 32.9 Å². The molecule has 1 aromatic carbocycles. The Morgan fingerprint density at radius 2 is 1.83 bits per heavy atom. The predicted octanol–water partition coefficient (Wildman–Crippen LogP) is 2.87. The Balaban J connectivity index is 1.91. The Bertz CT molecular complexity index is 303. The van der Waals surface area contributed by atoms with Crippen LogP contribution in [0.5, 0.6) is 0 Å². The Kier molecular flexibility index (Phi) is 8.86. The molecule has 0 spiro atoms. The molecule has 3 nitrogen and oxygen atoms in total. The van der Waals surface area contributed by atoms with Crippen LogP contribution in [0.25, 0.3) is 0 Å². The van der Waals surface area contributed by atoms with E-state index in [0.717, 1.165) is 49.9 Å². The third-order valence-electron chi connectivity index (χ3n) is 2.45. The van der Waals surface area contributed by atoms with E-state index < -0.39 is 0 Å². The molecule has 1 aromatic rings. The van der Waals surface area contributed by atoms with Gasteiger partial charge in [-0.25, -0.2) is 0 Å². The van der Waals surface area contributed by atoms with Crippen LogP contribution < -0.4 is 5.32 Å². The molecule has 0 heterocycles. The Hall–Kier alpha value is -0.610. The molecule has 0 fully saturated rings. The zero-order chi connectivity index (χ0) is 13.1. The molecule has 0 aromatic heterocycles. The maximum atomic E-state index is 5.81. The lowest BCUT2D eigenvalue weighted by Gasteiger charge is -2.06. The molecular formula is C14H22ClNO2. The number of rotatable bonds is 10. The molecule has 0 atom stereocenters. The lowest BCUT2D eigenvalue weighted by Crippen LogP contribution is -2.21. The minimum atomic E-state index is 0.637. The SMILES string of the molecule is CCOCCCNCCOCc1ccc(Cl)cc1. The van der Waals surface area contributed by atoms with Gasteiger partial charge in [0.15, 0.2) is 0 Å². The van der Waals surface area contributed by atoms with Gasteiger partial charge in [0.25, 0.3) is 0 Å². The highest BCUT2D eigenvalue weighted by atomic mass is 35.5. The molecule has 18 heavy (non-hydrogen) atoms. The Morgan fingerprint density at radius 3 is 2.56 bits per heavy atom. The summed E-state index contributed by atoms with van der Waals surface area (Å²) in [6, 6.07) is 7.73. The highest BCUT2D eigenvalue weighted by molar-refractivity contribution is 6.30. The summed E-state index contributed by atoms with van der Waals surface area (Å²) in [7, 11) is 0. The van der Waals surface area contributed by atoms with Gasteiger partial charge >= 0.3 is 0 Å². The van der Waals surface area contributed by atoms with Gasteiger partial charge in [0.05, 0.1) is 13.2 Å². The summed E-state index contributed by atoms with van der Waals surface area (Å²) < 4.78 is 10.8. The van der Waals surface area contributed by atoms with E-state index in [4.69, 9.17) is 21.1 Å². The second-order valence-corrected chi connectivity index (χ2v) is 4.42. The third-order valence-corrected chi connectivity index (χ3v) is 2.70. The van der Waals surface area contributed by atoms with Crippen molar-refractivity contribution in [2.24, 2.45) is 0 Å². The van der Waals surface area contributed by atoms with Crippen molar-refractivity contribution in [3.8, 4) is 0 Å². The van der Waals surface area contributed by atoms with E-state index in [-0.39, 0.29) is 0 Å². The van der Waals surface area contributed by atoms with E-state index in [0.29, 0.717) is 6.61 Å². The first-order chi connectivity index (χ1) is 8.83. The molecule has 0 saturated heterocycles. The van der Waals surface area contributed by atoms with Crippen molar-refractivity contribution in [1.29, 1.82) is 0 Å². The highest BCUT2D eigenvalue weighted by Crippen LogP contribution is 2.09. The molecular weight excluding hydrogens is 250 g/mol. The van der Waals surface area contributed by atoms with Crippen LogP contribution in [0.2, 0.25) is 5.02 Å². The first kappa shape index (κ1) is 15.4. The summed E-state index contributed by atoms with van der Waals surface area (Å²) in [4.78, 5) is 0. The van der Waals surface area contributed by atoms with Gasteiger partial charge in [0.1, 0.15) is 0 Å². The maximum absolute atomic E-state index is 5.81.